The maximum Gasteiger partial charge on any atom is 0.326 e. The summed E-state index contributed by atoms with van der Waals surface area (Å²) in [5.74, 6) is -3.98. The number of amides is 4. The predicted octanol–water partition coefficient (Wildman–Crippen LogP) is -2.47. The number of primary amides is 1. The van der Waals surface area contributed by atoms with Gasteiger partial charge in [0.05, 0.1) is 12.5 Å². The second-order valence-corrected chi connectivity index (χ2v) is 9.07. The number of carboxylic acids is 1. The molecule has 14 nitrogen and oxygen atoms in total. The number of nitrogens with two attached hydrogens (primary N) is 4. The highest BCUT2D eigenvalue weighted by Crippen LogP contribution is 2.19. The summed E-state index contributed by atoms with van der Waals surface area (Å²) < 4.78 is 0. The lowest BCUT2D eigenvalue weighted by atomic mass is 10.0. The molecular weight excluding hydrogens is 496 g/mol. The van der Waals surface area contributed by atoms with Crippen molar-refractivity contribution in [3.05, 3.63) is 35.9 Å². The number of aliphatic carboxylic acids is 1. The topological polar surface area (TPSA) is 249 Å². The highest BCUT2D eigenvalue weighted by atomic mass is 16.4. The van der Waals surface area contributed by atoms with E-state index in [2.05, 4.69) is 15.6 Å². The first-order chi connectivity index (χ1) is 18.0. The van der Waals surface area contributed by atoms with Gasteiger partial charge in [-0.1, -0.05) is 30.3 Å². The van der Waals surface area contributed by atoms with Crippen LogP contribution in [0, 0.1) is 0 Å². The van der Waals surface area contributed by atoms with Gasteiger partial charge in [0.25, 0.3) is 0 Å². The highest BCUT2D eigenvalue weighted by Gasteiger charge is 2.38. The SMILES string of the molecule is NC(=O)CC(N)C(=O)N1CCCC1C(=O)NC(Cc1ccccc1)C(=O)NC(CCCN=C(N)N)C(=O)O. The van der Waals surface area contributed by atoms with Gasteiger partial charge in [-0.25, -0.2) is 4.79 Å². The smallest absolute Gasteiger partial charge is 0.326 e. The van der Waals surface area contributed by atoms with Crippen molar-refractivity contribution in [2.45, 2.75) is 62.7 Å². The molecule has 0 aromatic heterocycles. The number of carboxylic acid groups (broad SMARTS) is 1. The van der Waals surface area contributed by atoms with Gasteiger partial charge in [-0.15, -0.1) is 0 Å². The van der Waals surface area contributed by atoms with Gasteiger partial charge in [0.1, 0.15) is 18.1 Å². The Balaban J connectivity index is 2.16. The first-order valence-corrected chi connectivity index (χ1v) is 12.3. The molecule has 1 aromatic carbocycles. The van der Waals surface area contributed by atoms with Crippen molar-refractivity contribution >= 4 is 35.6 Å². The predicted molar refractivity (Wildman–Crippen MR) is 138 cm³/mol. The van der Waals surface area contributed by atoms with Crippen LogP contribution in [0.1, 0.15) is 37.7 Å². The highest BCUT2D eigenvalue weighted by molar-refractivity contribution is 5.95. The molecule has 11 N–H and O–H groups in total. The summed E-state index contributed by atoms with van der Waals surface area (Å²) in [5.41, 5.74) is 22.2. The number of hydrogen-bond acceptors (Lipinski definition) is 7. The number of likely N-dealkylation sites (tertiary alicyclic amines) is 1. The van der Waals surface area contributed by atoms with Crippen LogP contribution in [-0.2, 0) is 30.4 Å². The number of hydrogen-bond donors (Lipinski definition) is 7. The molecule has 0 saturated carbocycles. The molecule has 1 aliphatic rings. The van der Waals surface area contributed by atoms with E-state index < -0.39 is 53.8 Å². The first-order valence-electron chi connectivity index (χ1n) is 12.3. The quantitative estimate of drug-likeness (QED) is 0.0760. The molecule has 0 aliphatic carbocycles. The van der Waals surface area contributed by atoms with E-state index in [4.69, 9.17) is 22.9 Å². The lowest BCUT2D eigenvalue weighted by molar-refractivity contribution is -0.143. The summed E-state index contributed by atoms with van der Waals surface area (Å²) in [6.07, 6.45) is 0.952. The van der Waals surface area contributed by atoms with E-state index >= 15 is 0 Å². The molecule has 14 heteroatoms. The lowest BCUT2D eigenvalue weighted by Gasteiger charge is -2.28. The van der Waals surface area contributed by atoms with Crippen molar-refractivity contribution in [3.8, 4) is 0 Å². The van der Waals surface area contributed by atoms with Gasteiger partial charge in [-0.05, 0) is 31.2 Å². The number of nitrogens with zero attached hydrogens (tertiary/aromatic N) is 2. The normalized spacial score (nSPS) is 17.1. The number of aliphatic imine (C=N–C) groups is 1. The second-order valence-electron chi connectivity index (χ2n) is 9.07. The van der Waals surface area contributed by atoms with Crippen LogP contribution in [-0.4, -0.2) is 82.8 Å². The number of rotatable bonds is 14. The third-order valence-corrected chi connectivity index (χ3v) is 6.05. The van der Waals surface area contributed by atoms with E-state index in [0.29, 0.717) is 19.3 Å². The molecule has 4 amide bonds. The Morgan fingerprint density at radius 2 is 1.74 bits per heavy atom. The number of benzene rings is 1. The Labute approximate surface area is 220 Å². The largest absolute Gasteiger partial charge is 0.480 e. The van der Waals surface area contributed by atoms with Crippen molar-refractivity contribution in [2.24, 2.45) is 27.9 Å². The zero-order valence-electron chi connectivity index (χ0n) is 21.0. The number of carbonyl (C=O) groups excluding carboxylic acids is 4. The Kier molecular flexibility index (Phi) is 11.5. The first kappa shape index (κ1) is 30.0. The molecule has 1 heterocycles. The maximum absolute atomic E-state index is 13.2. The summed E-state index contributed by atoms with van der Waals surface area (Å²) in [6, 6.07) is 4.44. The minimum atomic E-state index is -1.25. The van der Waals surface area contributed by atoms with Crippen LogP contribution >= 0.6 is 0 Å². The van der Waals surface area contributed by atoms with Crippen molar-refractivity contribution < 1.29 is 29.1 Å². The molecule has 1 aromatic rings. The Hall–Kier alpha value is -4.20. The van der Waals surface area contributed by atoms with E-state index in [1.54, 1.807) is 30.3 Å². The van der Waals surface area contributed by atoms with Gasteiger partial charge in [0.2, 0.25) is 23.6 Å². The van der Waals surface area contributed by atoms with Crippen molar-refractivity contribution in [1.29, 1.82) is 0 Å². The van der Waals surface area contributed by atoms with E-state index in [1.807, 2.05) is 0 Å². The van der Waals surface area contributed by atoms with Crippen LogP contribution in [0.5, 0.6) is 0 Å². The molecule has 2 rings (SSSR count). The second kappa shape index (κ2) is 14.5. The Bertz CT molecular complexity index is 1030. The van der Waals surface area contributed by atoms with Gasteiger partial charge < -0.3 is 43.6 Å². The average Bonchev–Trinajstić information content (AvgIpc) is 3.35. The minimum absolute atomic E-state index is 0.0620. The van der Waals surface area contributed by atoms with Crippen molar-refractivity contribution in [2.75, 3.05) is 13.1 Å². The third kappa shape index (κ3) is 9.35. The van der Waals surface area contributed by atoms with E-state index in [9.17, 15) is 29.1 Å². The molecule has 4 unspecified atom stereocenters. The molecule has 1 aliphatic heterocycles. The van der Waals surface area contributed by atoms with Gasteiger partial charge in [-0.3, -0.25) is 24.2 Å². The fraction of sp³-hybridized carbons (Fsp3) is 0.500. The molecule has 1 saturated heterocycles. The standard InChI is InChI=1S/C24H36N8O6/c25-15(13-19(26)33)22(36)32-11-5-9-18(32)21(35)31-17(12-14-6-2-1-3-7-14)20(34)30-16(23(37)38)8-4-10-29-24(27)28/h1-3,6-7,15-18H,4-5,8-13,25H2,(H2,26,33)(H,30,34)(H,31,35)(H,37,38)(H4,27,28,29). The average molecular weight is 533 g/mol. The number of carbonyl (C=O) groups is 5. The third-order valence-electron chi connectivity index (χ3n) is 6.05. The van der Waals surface area contributed by atoms with Crippen LogP contribution in [0.4, 0.5) is 0 Å². The fourth-order valence-corrected chi connectivity index (χ4v) is 4.18. The molecule has 38 heavy (non-hydrogen) atoms. The maximum atomic E-state index is 13.2. The zero-order chi connectivity index (χ0) is 28.2. The molecule has 0 radical (unpaired) electrons. The van der Waals surface area contributed by atoms with E-state index in [0.717, 1.165) is 5.56 Å². The minimum Gasteiger partial charge on any atom is -0.480 e. The fourth-order valence-electron chi connectivity index (χ4n) is 4.18. The molecular formula is C24H36N8O6. The molecule has 0 bridgehead atoms. The van der Waals surface area contributed by atoms with Gasteiger partial charge in [-0.2, -0.15) is 0 Å². The summed E-state index contributed by atoms with van der Waals surface area (Å²) in [7, 11) is 0. The van der Waals surface area contributed by atoms with Crippen LogP contribution in [0.3, 0.4) is 0 Å². The lowest BCUT2D eigenvalue weighted by Crippen LogP contribution is -2.57. The van der Waals surface area contributed by atoms with E-state index in [1.165, 1.54) is 4.90 Å². The van der Waals surface area contributed by atoms with Crippen LogP contribution < -0.4 is 33.6 Å². The molecule has 0 spiro atoms. The molecule has 208 valence electrons. The van der Waals surface area contributed by atoms with Crippen molar-refractivity contribution in [1.82, 2.24) is 15.5 Å². The Morgan fingerprint density at radius 1 is 1.05 bits per heavy atom. The van der Waals surface area contributed by atoms with Crippen LogP contribution in [0.2, 0.25) is 0 Å². The zero-order valence-corrected chi connectivity index (χ0v) is 21.0. The van der Waals surface area contributed by atoms with Gasteiger partial charge in [0, 0.05) is 19.5 Å². The number of guanidine groups is 1. The van der Waals surface area contributed by atoms with Crippen LogP contribution in [0.15, 0.2) is 35.3 Å². The molecule has 1 fully saturated rings. The van der Waals surface area contributed by atoms with E-state index in [-0.39, 0.29) is 38.3 Å². The monoisotopic (exact) mass is 532 g/mol. The van der Waals surface area contributed by atoms with Gasteiger partial charge in [0.15, 0.2) is 5.96 Å². The summed E-state index contributed by atoms with van der Waals surface area (Å²) in [6.45, 7) is 0.450. The summed E-state index contributed by atoms with van der Waals surface area (Å²) >= 11 is 0. The summed E-state index contributed by atoms with van der Waals surface area (Å²) in [5, 5.41) is 14.7. The Morgan fingerprint density at radius 3 is 2.34 bits per heavy atom. The van der Waals surface area contributed by atoms with Crippen molar-refractivity contribution in [3.63, 3.8) is 0 Å². The van der Waals surface area contributed by atoms with Gasteiger partial charge >= 0.3 is 5.97 Å². The van der Waals surface area contributed by atoms with Crippen LogP contribution in [0.25, 0.3) is 0 Å². The molecule has 4 atom stereocenters. The summed E-state index contributed by atoms with van der Waals surface area (Å²) in [4.78, 5) is 67.2. The number of nitrogens with one attached hydrogen (secondary N) is 2.